The molecule has 0 bridgehead atoms. The highest BCUT2D eigenvalue weighted by atomic mass is 32.2. The summed E-state index contributed by atoms with van der Waals surface area (Å²) in [5, 5.41) is 4.08. The second-order valence-electron chi connectivity index (χ2n) is 4.48. The van der Waals surface area contributed by atoms with Gasteiger partial charge in [0, 0.05) is 24.0 Å². The smallest absolute Gasteiger partial charge is 0.182 e. The number of aromatic nitrogens is 2. The van der Waals surface area contributed by atoms with Crippen LogP contribution >= 0.6 is 0 Å². The number of benzene rings is 1. The molecule has 0 spiro atoms. The Morgan fingerprint density at radius 2 is 2.11 bits per heavy atom. The largest absolute Gasteiger partial charge is 0.399 e. The highest BCUT2D eigenvalue weighted by molar-refractivity contribution is 7.90. The third-order valence-corrected chi connectivity index (χ3v) is 4.65. The molecule has 0 unspecified atom stereocenters. The molecule has 0 saturated heterocycles. The number of hydrogen-bond donors (Lipinski definition) is 1. The van der Waals surface area contributed by atoms with Crippen molar-refractivity contribution in [3.05, 3.63) is 41.7 Å². The molecule has 2 rings (SSSR count). The fraction of sp³-hybridized carbons (Fsp3) is 0.308. The summed E-state index contributed by atoms with van der Waals surface area (Å²) in [6.45, 7) is 4.47. The van der Waals surface area contributed by atoms with Crippen molar-refractivity contribution in [3.63, 3.8) is 0 Å². The van der Waals surface area contributed by atoms with E-state index in [2.05, 4.69) is 5.10 Å². The minimum absolute atomic E-state index is 0.0453. The Bertz CT molecular complexity index is 690. The van der Waals surface area contributed by atoms with Crippen molar-refractivity contribution in [1.29, 1.82) is 0 Å². The lowest BCUT2D eigenvalue weighted by Gasteiger charge is -2.06. The summed E-state index contributed by atoms with van der Waals surface area (Å²) in [5.74, 6) is -0.0453. The van der Waals surface area contributed by atoms with Crippen LogP contribution in [0.3, 0.4) is 0 Å². The number of nitrogens with two attached hydrogens (primary N) is 1. The average Bonchev–Trinajstić information content (AvgIpc) is 2.79. The van der Waals surface area contributed by atoms with Gasteiger partial charge in [-0.3, -0.25) is 4.68 Å². The topological polar surface area (TPSA) is 78.0 Å². The monoisotopic (exact) mass is 279 g/mol. The minimum Gasteiger partial charge on any atom is -0.399 e. The molecule has 6 heteroatoms. The van der Waals surface area contributed by atoms with E-state index < -0.39 is 9.84 Å². The third-order valence-electron chi connectivity index (χ3n) is 2.97. The van der Waals surface area contributed by atoms with Crippen LogP contribution in [0.5, 0.6) is 0 Å². The van der Waals surface area contributed by atoms with E-state index in [1.54, 1.807) is 42.2 Å². The van der Waals surface area contributed by atoms with Crippen molar-refractivity contribution < 1.29 is 8.42 Å². The minimum atomic E-state index is -3.36. The van der Waals surface area contributed by atoms with Gasteiger partial charge in [0.05, 0.1) is 16.8 Å². The zero-order valence-corrected chi connectivity index (χ0v) is 11.8. The van der Waals surface area contributed by atoms with E-state index in [4.69, 9.17) is 5.73 Å². The molecule has 1 heterocycles. The molecule has 2 aromatic rings. The van der Waals surface area contributed by atoms with E-state index in [0.717, 1.165) is 12.1 Å². The number of nitrogens with zero attached hydrogens (tertiary/aromatic N) is 2. The van der Waals surface area contributed by atoms with Crippen molar-refractivity contribution in [2.45, 2.75) is 31.0 Å². The summed E-state index contributed by atoms with van der Waals surface area (Å²) in [5.41, 5.74) is 7.75. The summed E-state index contributed by atoms with van der Waals surface area (Å²) < 4.78 is 26.3. The molecule has 0 amide bonds. The Morgan fingerprint density at radius 1 is 1.37 bits per heavy atom. The van der Waals surface area contributed by atoms with Crippen LogP contribution in [0.15, 0.2) is 35.5 Å². The SMILES string of the molecule is CCn1cc(CS(=O)(=O)c2ccc(N)c(C)c2)cn1. The number of sulfone groups is 1. The fourth-order valence-electron chi connectivity index (χ4n) is 1.80. The standard InChI is InChI=1S/C13H17N3O2S/c1-3-16-8-11(7-15-16)9-19(17,18)12-4-5-13(14)10(2)6-12/h4-8H,3,9,14H2,1-2H3. The van der Waals surface area contributed by atoms with Gasteiger partial charge in [-0.15, -0.1) is 0 Å². The maximum Gasteiger partial charge on any atom is 0.182 e. The predicted octanol–water partition coefficient (Wildman–Crippen LogP) is 1.77. The molecule has 0 aliphatic rings. The Hall–Kier alpha value is -1.82. The fourth-order valence-corrected chi connectivity index (χ4v) is 3.18. The van der Waals surface area contributed by atoms with Crippen LogP contribution in [-0.4, -0.2) is 18.2 Å². The van der Waals surface area contributed by atoms with E-state index in [1.807, 2.05) is 6.92 Å². The van der Waals surface area contributed by atoms with Crippen LogP contribution < -0.4 is 5.73 Å². The molecule has 102 valence electrons. The summed E-state index contributed by atoms with van der Waals surface area (Å²) in [6.07, 6.45) is 3.34. The molecule has 1 aromatic carbocycles. The maximum absolute atomic E-state index is 12.3. The molecule has 0 atom stereocenters. The second-order valence-corrected chi connectivity index (χ2v) is 6.47. The third kappa shape index (κ3) is 2.96. The molecular weight excluding hydrogens is 262 g/mol. The number of anilines is 1. The molecule has 19 heavy (non-hydrogen) atoms. The summed E-state index contributed by atoms with van der Waals surface area (Å²) in [4.78, 5) is 0.295. The lowest BCUT2D eigenvalue weighted by atomic mass is 10.2. The van der Waals surface area contributed by atoms with Gasteiger partial charge in [-0.25, -0.2) is 8.42 Å². The van der Waals surface area contributed by atoms with Crippen molar-refractivity contribution in [2.75, 3.05) is 5.73 Å². The van der Waals surface area contributed by atoms with E-state index in [-0.39, 0.29) is 5.75 Å². The van der Waals surface area contributed by atoms with Crippen LogP contribution in [0.25, 0.3) is 0 Å². The number of aryl methyl sites for hydroxylation is 2. The number of hydrogen-bond acceptors (Lipinski definition) is 4. The van der Waals surface area contributed by atoms with E-state index in [1.165, 1.54) is 0 Å². The normalized spacial score (nSPS) is 11.7. The van der Waals surface area contributed by atoms with Gasteiger partial charge < -0.3 is 5.73 Å². The molecule has 0 fully saturated rings. The first-order valence-electron chi connectivity index (χ1n) is 6.02. The van der Waals surface area contributed by atoms with E-state index >= 15 is 0 Å². The van der Waals surface area contributed by atoms with Gasteiger partial charge in [0.25, 0.3) is 0 Å². The quantitative estimate of drug-likeness (QED) is 0.865. The van der Waals surface area contributed by atoms with Crippen LogP contribution in [-0.2, 0) is 22.1 Å². The van der Waals surface area contributed by atoms with Gasteiger partial charge in [-0.05, 0) is 37.6 Å². The van der Waals surface area contributed by atoms with Crippen molar-refractivity contribution in [2.24, 2.45) is 0 Å². The first kappa shape index (κ1) is 13.6. The lowest BCUT2D eigenvalue weighted by molar-refractivity contribution is 0.595. The highest BCUT2D eigenvalue weighted by Crippen LogP contribution is 2.20. The van der Waals surface area contributed by atoms with Crippen molar-refractivity contribution in [3.8, 4) is 0 Å². The molecule has 2 N–H and O–H groups in total. The van der Waals surface area contributed by atoms with E-state index in [9.17, 15) is 8.42 Å². The second kappa shape index (κ2) is 5.05. The van der Waals surface area contributed by atoms with Gasteiger partial charge in [0.1, 0.15) is 0 Å². The summed E-state index contributed by atoms with van der Waals surface area (Å²) in [7, 11) is -3.36. The first-order chi connectivity index (χ1) is 8.92. The average molecular weight is 279 g/mol. The van der Waals surface area contributed by atoms with Crippen LogP contribution in [0.2, 0.25) is 0 Å². The van der Waals surface area contributed by atoms with Crippen LogP contribution in [0.4, 0.5) is 5.69 Å². The van der Waals surface area contributed by atoms with Crippen LogP contribution in [0, 0.1) is 6.92 Å². The molecule has 0 radical (unpaired) electrons. The van der Waals surface area contributed by atoms with Crippen LogP contribution in [0.1, 0.15) is 18.1 Å². The molecular formula is C13H17N3O2S. The van der Waals surface area contributed by atoms with Gasteiger partial charge in [0.2, 0.25) is 0 Å². The van der Waals surface area contributed by atoms with Gasteiger partial charge in [0.15, 0.2) is 9.84 Å². The first-order valence-corrected chi connectivity index (χ1v) is 7.68. The zero-order chi connectivity index (χ0) is 14.0. The molecule has 0 saturated carbocycles. The Kier molecular flexibility index (Phi) is 3.61. The molecule has 0 aliphatic carbocycles. The zero-order valence-electron chi connectivity index (χ0n) is 11.0. The van der Waals surface area contributed by atoms with Gasteiger partial charge in [-0.2, -0.15) is 5.10 Å². The Labute approximate surface area is 113 Å². The van der Waals surface area contributed by atoms with Gasteiger partial charge >= 0.3 is 0 Å². The number of nitrogen functional groups attached to an aromatic ring is 1. The van der Waals surface area contributed by atoms with Crippen molar-refractivity contribution in [1.82, 2.24) is 9.78 Å². The predicted molar refractivity (Wildman–Crippen MR) is 74.4 cm³/mol. The number of rotatable bonds is 4. The van der Waals surface area contributed by atoms with Crippen molar-refractivity contribution >= 4 is 15.5 Å². The lowest BCUT2D eigenvalue weighted by Crippen LogP contribution is -2.05. The summed E-state index contributed by atoms with van der Waals surface area (Å²) >= 11 is 0. The molecule has 5 nitrogen and oxygen atoms in total. The van der Waals surface area contributed by atoms with E-state index in [0.29, 0.717) is 16.1 Å². The Balaban J connectivity index is 2.29. The van der Waals surface area contributed by atoms with Gasteiger partial charge in [-0.1, -0.05) is 0 Å². The summed E-state index contributed by atoms with van der Waals surface area (Å²) in [6, 6.07) is 4.77. The highest BCUT2D eigenvalue weighted by Gasteiger charge is 2.17. The molecule has 1 aromatic heterocycles. The maximum atomic E-state index is 12.3. The Morgan fingerprint density at radius 3 is 2.68 bits per heavy atom. The molecule has 0 aliphatic heterocycles.